The van der Waals surface area contributed by atoms with Crippen molar-refractivity contribution in [1.82, 2.24) is 9.55 Å². The number of pyridine rings is 1. The monoisotopic (exact) mass is 849 g/mol. The molecule has 0 N–H and O–H groups in total. The van der Waals surface area contributed by atoms with Gasteiger partial charge in [-0.15, -0.1) is 0 Å². The SMILES string of the molecule is CC(C)(C)c1cc(Oc2ccc3c4ccccc4n(-c4cc(C(C)(C)C)ccn4)c3c2)cc(N2C=CN(c3cc4c5c(c3)Sc3cccc6c3N5c3c(cccc3S4)S6)C2)c1. The van der Waals surface area contributed by atoms with Crippen LogP contribution >= 0.6 is 35.3 Å². The third-order valence-electron chi connectivity index (χ3n) is 12.2. The van der Waals surface area contributed by atoms with Gasteiger partial charge in [0.15, 0.2) is 0 Å². The summed E-state index contributed by atoms with van der Waals surface area (Å²) in [5.74, 6) is 2.50. The van der Waals surface area contributed by atoms with Crippen molar-refractivity contribution in [2.24, 2.45) is 0 Å². The lowest BCUT2D eigenvalue weighted by molar-refractivity contribution is 0.479. The Morgan fingerprint density at radius 1 is 0.508 bits per heavy atom. The second kappa shape index (κ2) is 13.4. The molecular formula is C52H43N5OS3. The molecule has 12 rings (SSSR count). The fourth-order valence-corrected chi connectivity index (χ4v) is 12.6. The van der Waals surface area contributed by atoms with E-state index in [9.17, 15) is 0 Å². The average molecular weight is 850 g/mol. The Morgan fingerprint density at radius 2 is 1.10 bits per heavy atom. The van der Waals surface area contributed by atoms with E-state index < -0.39 is 0 Å². The first-order valence-corrected chi connectivity index (χ1v) is 23.2. The molecular weight excluding hydrogens is 807 g/mol. The van der Waals surface area contributed by atoms with E-state index in [0.717, 1.165) is 34.0 Å². The maximum atomic E-state index is 6.87. The summed E-state index contributed by atoms with van der Waals surface area (Å²) in [7, 11) is 0. The maximum Gasteiger partial charge on any atom is 0.137 e. The van der Waals surface area contributed by atoms with E-state index in [1.807, 2.05) is 41.5 Å². The van der Waals surface area contributed by atoms with Gasteiger partial charge in [-0.2, -0.15) is 0 Å². The number of hydrogen-bond acceptors (Lipinski definition) is 8. The molecule has 0 amide bonds. The smallest absolute Gasteiger partial charge is 0.137 e. The van der Waals surface area contributed by atoms with Gasteiger partial charge in [-0.25, -0.2) is 4.98 Å². The molecule has 4 aliphatic heterocycles. The predicted molar refractivity (Wildman–Crippen MR) is 255 cm³/mol. The van der Waals surface area contributed by atoms with Gasteiger partial charge in [0, 0.05) is 82.2 Å². The molecule has 6 aromatic carbocycles. The van der Waals surface area contributed by atoms with Crippen LogP contribution in [0.5, 0.6) is 11.5 Å². The van der Waals surface area contributed by atoms with Crippen LogP contribution in [0.15, 0.2) is 169 Å². The highest BCUT2D eigenvalue weighted by molar-refractivity contribution is 8.01. The number of aromatic nitrogens is 2. The molecule has 0 spiro atoms. The number of rotatable bonds is 5. The van der Waals surface area contributed by atoms with Crippen LogP contribution in [0.2, 0.25) is 0 Å². The first kappa shape index (κ1) is 37.1. The molecule has 4 aliphatic rings. The lowest BCUT2D eigenvalue weighted by Gasteiger charge is -2.43. The molecule has 8 aromatic rings. The van der Waals surface area contributed by atoms with E-state index in [0.29, 0.717) is 6.67 Å². The van der Waals surface area contributed by atoms with E-state index >= 15 is 0 Å². The minimum atomic E-state index is -0.0910. The number of fused-ring (bicyclic) bond motifs is 3. The Hall–Kier alpha value is -5.74. The molecule has 0 fully saturated rings. The summed E-state index contributed by atoms with van der Waals surface area (Å²) in [5, 5.41) is 2.36. The molecule has 0 saturated carbocycles. The van der Waals surface area contributed by atoms with Crippen molar-refractivity contribution in [3.63, 3.8) is 0 Å². The van der Waals surface area contributed by atoms with Crippen LogP contribution in [0.3, 0.4) is 0 Å². The van der Waals surface area contributed by atoms with Gasteiger partial charge in [-0.05, 0) is 101 Å². The number of para-hydroxylation sites is 3. The second-order valence-corrected chi connectivity index (χ2v) is 21.5. The molecule has 6 nitrogen and oxygen atoms in total. The van der Waals surface area contributed by atoms with Crippen LogP contribution in [0.4, 0.5) is 28.4 Å². The van der Waals surface area contributed by atoms with E-state index in [4.69, 9.17) is 9.72 Å². The molecule has 300 valence electrons. The van der Waals surface area contributed by atoms with Crippen molar-refractivity contribution < 1.29 is 4.74 Å². The molecule has 0 bridgehead atoms. The zero-order valence-corrected chi connectivity index (χ0v) is 37.3. The minimum Gasteiger partial charge on any atom is -0.457 e. The summed E-state index contributed by atoms with van der Waals surface area (Å²) < 4.78 is 9.14. The van der Waals surface area contributed by atoms with Gasteiger partial charge in [0.1, 0.15) is 17.3 Å². The average Bonchev–Trinajstić information content (AvgIpc) is 3.87. The Morgan fingerprint density at radius 3 is 1.75 bits per heavy atom. The van der Waals surface area contributed by atoms with Crippen molar-refractivity contribution >= 4 is 85.5 Å². The second-order valence-electron chi connectivity index (χ2n) is 18.3. The Bertz CT molecular complexity index is 3120. The summed E-state index contributed by atoms with van der Waals surface area (Å²) in [4.78, 5) is 20.0. The molecule has 0 atom stereocenters. The molecule has 0 unspecified atom stereocenters. The molecule has 2 aromatic heterocycles. The number of anilines is 5. The highest BCUT2D eigenvalue weighted by atomic mass is 32.2. The normalized spacial score (nSPS) is 15.0. The van der Waals surface area contributed by atoms with Crippen LogP contribution in [0.1, 0.15) is 52.7 Å². The van der Waals surface area contributed by atoms with Gasteiger partial charge in [-0.3, -0.25) is 4.57 Å². The highest BCUT2D eigenvalue weighted by Crippen LogP contribution is 2.66. The summed E-state index contributed by atoms with van der Waals surface area (Å²) in [6.07, 6.45) is 6.34. The summed E-state index contributed by atoms with van der Waals surface area (Å²) >= 11 is 5.68. The lowest BCUT2D eigenvalue weighted by Crippen LogP contribution is -2.26. The fraction of sp³-hybridized carbons (Fsp3) is 0.173. The largest absolute Gasteiger partial charge is 0.457 e. The topological polar surface area (TPSA) is 36.8 Å². The number of ether oxygens (including phenoxy) is 1. The fourth-order valence-electron chi connectivity index (χ4n) is 8.98. The first-order valence-electron chi connectivity index (χ1n) is 20.8. The van der Waals surface area contributed by atoms with Crippen LogP contribution < -0.4 is 19.4 Å². The van der Waals surface area contributed by atoms with E-state index in [2.05, 4.69) is 195 Å². The maximum absolute atomic E-state index is 6.87. The van der Waals surface area contributed by atoms with Crippen LogP contribution in [0, 0.1) is 0 Å². The minimum absolute atomic E-state index is 0.00124. The van der Waals surface area contributed by atoms with Crippen molar-refractivity contribution in [2.45, 2.75) is 81.7 Å². The van der Waals surface area contributed by atoms with Gasteiger partial charge >= 0.3 is 0 Å². The van der Waals surface area contributed by atoms with Crippen molar-refractivity contribution in [1.29, 1.82) is 0 Å². The van der Waals surface area contributed by atoms with Crippen molar-refractivity contribution in [3.05, 3.63) is 151 Å². The van der Waals surface area contributed by atoms with Gasteiger partial charge in [0.25, 0.3) is 0 Å². The first-order chi connectivity index (χ1) is 29.4. The zero-order valence-electron chi connectivity index (χ0n) is 34.9. The predicted octanol–water partition coefficient (Wildman–Crippen LogP) is 15.2. The van der Waals surface area contributed by atoms with Gasteiger partial charge in [0.05, 0.1) is 34.8 Å². The standard InChI is InChI=1S/C52H43N5OS3/c1-51(2,3)31-19-20-53-47(25-31)56-39-12-8-7-11-37(39)38-18-17-35(29-40(38)56)58-36-24-32(52(4,5)6)23-33(26-36)54-21-22-55(30-54)34-27-45-50-46(28-34)61-44-16-10-14-42-49(44)57(50)48-41(59-42)13-9-15-43(48)60-45/h7-29H,30H2,1-6H3. The molecule has 0 saturated heterocycles. The van der Waals surface area contributed by atoms with Gasteiger partial charge in [0.2, 0.25) is 0 Å². The molecule has 61 heavy (non-hydrogen) atoms. The molecule has 0 radical (unpaired) electrons. The van der Waals surface area contributed by atoms with Crippen LogP contribution in [0.25, 0.3) is 27.6 Å². The molecule has 9 heteroatoms. The summed E-state index contributed by atoms with van der Waals surface area (Å²) in [6.45, 7) is 14.2. The van der Waals surface area contributed by atoms with E-state index in [1.54, 1.807) is 0 Å². The highest BCUT2D eigenvalue weighted by Gasteiger charge is 2.39. The lowest BCUT2D eigenvalue weighted by atomic mass is 9.86. The number of nitrogens with zero attached hydrogens (tertiary/aromatic N) is 5. The number of benzene rings is 6. The Kier molecular flexibility index (Phi) is 8.13. The molecule has 6 heterocycles. The molecule has 0 aliphatic carbocycles. The van der Waals surface area contributed by atoms with E-state index in [1.165, 1.54) is 74.0 Å². The summed E-state index contributed by atoms with van der Waals surface area (Å²) in [5.41, 5.74) is 10.8. The van der Waals surface area contributed by atoms with Gasteiger partial charge < -0.3 is 19.4 Å². The zero-order chi connectivity index (χ0) is 41.4. The van der Waals surface area contributed by atoms with Gasteiger partial charge in [-0.1, -0.05) is 107 Å². The summed E-state index contributed by atoms with van der Waals surface area (Å²) in [6, 6.07) is 44.3. The van der Waals surface area contributed by atoms with Crippen molar-refractivity contribution in [3.8, 4) is 17.3 Å². The van der Waals surface area contributed by atoms with Crippen LogP contribution in [-0.4, -0.2) is 16.2 Å². The van der Waals surface area contributed by atoms with Crippen LogP contribution in [-0.2, 0) is 10.8 Å². The Balaban J connectivity index is 0.883. The van der Waals surface area contributed by atoms with Crippen molar-refractivity contribution in [2.75, 3.05) is 21.4 Å². The number of hydrogen-bond donors (Lipinski definition) is 0. The third-order valence-corrected chi connectivity index (χ3v) is 15.4. The van der Waals surface area contributed by atoms with E-state index in [-0.39, 0.29) is 10.8 Å². The quantitative estimate of drug-likeness (QED) is 0.170. The third kappa shape index (κ3) is 5.99. The Labute approximate surface area is 369 Å².